The minimum absolute atomic E-state index is 0.0788. The van der Waals surface area contributed by atoms with E-state index >= 15 is 0 Å². The summed E-state index contributed by atoms with van der Waals surface area (Å²) in [5.41, 5.74) is 0.804. The third-order valence-corrected chi connectivity index (χ3v) is 4.77. The van der Waals surface area contributed by atoms with Gasteiger partial charge in [-0.15, -0.1) is 6.58 Å². The molecule has 0 aliphatic heterocycles. The van der Waals surface area contributed by atoms with Crippen molar-refractivity contribution in [2.45, 2.75) is 19.8 Å². The van der Waals surface area contributed by atoms with E-state index in [2.05, 4.69) is 18.8 Å². The normalized spacial score (nSPS) is 11.0. The van der Waals surface area contributed by atoms with Crippen LogP contribution in [-0.4, -0.2) is 32.1 Å². The zero-order chi connectivity index (χ0) is 26.3. The number of rotatable bonds is 12. The predicted molar refractivity (Wildman–Crippen MR) is 136 cm³/mol. The molecule has 0 aliphatic carbocycles. The summed E-state index contributed by atoms with van der Waals surface area (Å²) in [5.74, 6) is -0.430. The quantitative estimate of drug-likeness (QED) is 0.116. The number of nitrogens with one attached hydrogen (secondary N) is 1. The first-order chi connectivity index (χ1) is 17.4. The van der Waals surface area contributed by atoms with E-state index in [1.807, 2.05) is 12.1 Å². The lowest BCUT2D eigenvalue weighted by Gasteiger charge is -2.10. The highest BCUT2D eigenvalue weighted by atomic mass is 16.6. The molecule has 0 aliphatic rings. The Kier molecular flexibility index (Phi) is 11.0. The predicted octanol–water partition coefficient (Wildman–Crippen LogP) is 4.60. The Labute approximate surface area is 210 Å². The van der Waals surface area contributed by atoms with Crippen LogP contribution in [0, 0.1) is 22.7 Å². The molecule has 1 amide bonds. The molecule has 0 bridgehead atoms. The molecule has 0 heterocycles. The van der Waals surface area contributed by atoms with Gasteiger partial charge in [0.05, 0.1) is 13.7 Å². The molecule has 1 N–H and O–H groups in total. The smallest absolute Gasteiger partial charge is 0.354 e. The van der Waals surface area contributed by atoms with E-state index in [9.17, 15) is 20.1 Å². The van der Waals surface area contributed by atoms with E-state index in [-0.39, 0.29) is 29.2 Å². The SMILES string of the molecule is C=CCNC(=O)/C(C#N)=C/c1ccc(OC(=O)/C(C#N)=C/c2ccc(OCCCC)cc2)c(OC)c1. The van der Waals surface area contributed by atoms with Crippen molar-refractivity contribution in [3.05, 3.63) is 77.4 Å². The first kappa shape index (κ1) is 27.4. The van der Waals surface area contributed by atoms with Crippen molar-refractivity contribution < 1.29 is 23.8 Å². The van der Waals surface area contributed by atoms with Crippen LogP contribution in [0.5, 0.6) is 17.2 Å². The van der Waals surface area contributed by atoms with Gasteiger partial charge in [0.25, 0.3) is 5.91 Å². The summed E-state index contributed by atoms with van der Waals surface area (Å²) < 4.78 is 16.3. The summed E-state index contributed by atoms with van der Waals surface area (Å²) in [6.07, 6.45) is 6.29. The van der Waals surface area contributed by atoms with Gasteiger partial charge < -0.3 is 19.5 Å². The van der Waals surface area contributed by atoms with Gasteiger partial charge in [-0.2, -0.15) is 10.5 Å². The molecular weight excluding hydrogens is 458 g/mol. The number of carbonyl (C=O) groups is 2. The van der Waals surface area contributed by atoms with Crippen LogP contribution in [0.25, 0.3) is 12.2 Å². The van der Waals surface area contributed by atoms with Gasteiger partial charge in [0, 0.05) is 6.54 Å². The molecule has 0 unspecified atom stereocenters. The Morgan fingerprint density at radius 3 is 2.28 bits per heavy atom. The number of hydrogen-bond donors (Lipinski definition) is 1. The molecule has 0 radical (unpaired) electrons. The van der Waals surface area contributed by atoms with E-state index in [0.717, 1.165) is 12.8 Å². The number of ether oxygens (including phenoxy) is 3. The number of unbranched alkanes of at least 4 members (excludes halogenated alkanes) is 1. The fourth-order valence-electron chi connectivity index (χ4n) is 2.89. The standard InChI is InChI=1S/C28H27N3O5/c1-4-6-14-35-24-10-7-20(8-11-24)15-23(19-30)28(33)36-25-12-9-21(17-26(25)34-3)16-22(18-29)27(32)31-13-5-2/h5,7-12,15-17H,2,4,6,13-14H2,1,3H3,(H,31,32)/b22-16+,23-15+. The molecule has 0 spiro atoms. The van der Waals surface area contributed by atoms with Gasteiger partial charge in [-0.1, -0.05) is 37.6 Å². The van der Waals surface area contributed by atoms with Crippen LogP contribution in [0.1, 0.15) is 30.9 Å². The first-order valence-electron chi connectivity index (χ1n) is 11.2. The molecule has 0 saturated heterocycles. The van der Waals surface area contributed by atoms with E-state index in [1.165, 1.54) is 37.5 Å². The minimum Gasteiger partial charge on any atom is -0.494 e. The first-order valence-corrected chi connectivity index (χ1v) is 11.2. The molecule has 0 atom stereocenters. The Balaban J connectivity index is 2.18. The van der Waals surface area contributed by atoms with Crippen LogP contribution in [0.2, 0.25) is 0 Å². The number of benzene rings is 2. The van der Waals surface area contributed by atoms with E-state index in [4.69, 9.17) is 14.2 Å². The minimum atomic E-state index is -0.858. The molecule has 0 saturated carbocycles. The fraction of sp³-hybridized carbons (Fsp3) is 0.214. The van der Waals surface area contributed by atoms with Crippen LogP contribution < -0.4 is 19.5 Å². The number of nitriles is 2. The van der Waals surface area contributed by atoms with Crippen molar-refractivity contribution >= 4 is 24.0 Å². The molecule has 2 aromatic carbocycles. The molecular formula is C28H27N3O5. The van der Waals surface area contributed by atoms with Gasteiger partial charge in [0.1, 0.15) is 29.0 Å². The highest BCUT2D eigenvalue weighted by Crippen LogP contribution is 2.30. The molecule has 8 heteroatoms. The van der Waals surface area contributed by atoms with Gasteiger partial charge in [-0.05, 0) is 54.0 Å². The van der Waals surface area contributed by atoms with Crippen molar-refractivity contribution in [1.29, 1.82) is 10.5 Å². The van der Waals surface area contributed by atoms with Gasteiger partial charge in [-0.25, -0.2) is 4.79 Å². The number of nitrogens with zero attached hydrogens (tertiary/aromatic N) is 2. The monoisotopic (exact) mass is 485 g/mol. The summed E-state index contributed by atoms with van der Waals surface area (Å²) in [7, 11) is 1.38. The van der Waals surface area contributed by atoms with E-state index in [1.54, 1.807) is 30.3 Å². The number of carbonyl (C=O) groups excluding carboxylic acids is 2. The Bertz CT molecular complexity index is 1230. The largest absolute Gasteiger partial charge is 0.494 e. The van der Waals surface area contributed by atoms with Crippen molar-refractivity contribution in [3.8, 4) is 29.4 Å². The fourth-order valence-corrected chi connectivity index (χ4v) is 2.89. The second-order valence-corrected chi connectivity index (χ2v) is 7.41. The molecule has 2 rings (SSSR count). The second-order valence-electron chi connectivity index (χ2n) is 7.41. The molecule has 0 aromatic heterocycles. The maximum absolute atomic E-state index is 12.6. The molecule has 8 nitrogen and oxygen atoms in total. The van der Waals surface area contributed by atoms with Crippen molar-refractivity contribution in [1.82, 2.24) is 5.32 Å². The van der Waals surface area contributed by atoms with Crippen molar-refractivity contribution in [2.24, 2.45) is 0 Å². The van der Waals surface area contributed by atoms with Gasteiger partial charge in [0.15, 0.2) is 11.5 Å². The van der Waals surface area contributed by atoms with E-state index in [0.29, 0.717) is 23.5 Å². The van der Waals surface area contributed by atoms with Crippen LogP contribution in [-0.2, 0) is 9.59 Å². The molecule has 0 fully saturated rings. The molecule has 184 valence electrons. The third-order valence-electron chi connectivity index (χ3n) is 4.77. The maximum atomic E-state index is 12.6. The average molecular weight is 486 g/mol. The van der Waals surface area contributed by atoms with Gasteiger partial charge in [0.2, 0.25) is 0 Å². The molecule has 2 aromatic rings. The summed E-state index contributed by atoms with van der Waals surface area (Å²) in [6.45, 7) is 6.44. The summed E-state index contributed by atoms with van der Waals surface area (Å²) >= 11 is 0. The molecule has 36 heavy (non-hydrogen) atoms. The van der Waals surface area contributed by atoms with Gasteiger partial charge in [-0.3, -0.25) is 4.79 Å². The number of esters is 1. The number of methoxy groups -OCH3 is 1. The zero-order valence-electron chi connectivity index (χ0n) is 20.2. The summed E-state index contributed by atoms with van der Waals surface area (Å²) in [4.78, 5) is 24.7. The number of hydrogen-bond acceptors (Lipinski definition) is 7. The van der Waals surface area contributed by atoms with Crippen LogP contribution >= 0.6 is 0 Å². The maximum Gasteiger partial charge on any atom is 0.354 e. The van der Waals surface area contributed by atoms with Gasteiger partial charge >= 0.3 is 5.97 Å². The van der Waals surface area contributed by atoms with Crippen molar-refractivity contribution in [2.75, 3.05) is 20.3 Å². The Hall–Kier alpha value is -4.82. The lowest BCUT2D eigenvalue weighted by Crippen LogP contribution is -2.24. The van der Waals surface area contributed by atoms with E-state index < -0.39 is 11.9 Å². The second kappa shape index (κ2) is 14.4. The third kappa shape index (κ3) is 8.19. The topological polar surface area (TPSA) is 121 Å². The summed E-state index contributed by atoms with van der Waals surface area (Å²) in [5, 5.41) is 21.3. The zero-order valence-corrected chi connectivity index (χ0v) is 20.2. The van der Waals surface area contributed by atoms with Crippen LogP contribution in [0.3, 0.4) is 0 Å². The average Bonchev–Trinajstić information content (AvgIpc) is 2.90. The van der Waals surface area contributed by atoms with Crippen LogP contribution in [0.4, 0.5) is 0 Å². The van der Waals surface area contributed by atoms with Crippen LogP contribution in [0.15, 0.2) is 66.3 Å². The summed E-state index contributed by atoms with van der Waals surface area (Å²) in [6, 6.07) is 15.2. The highest BCUT2D eigenvalue weighted by Gasteiger charge is 2.16. The lowest BCUT2D eigenvalue weighted by molar-refractivity contribution is -0.129. The van der Waals surface area contributed by atoms with Crippen molar-refractivity contribution in [3.63, 3.8) is 0 Å². The lowest BCUT2D eigenvalue weighted by atomic mass is 10.1. The Morgan fingerprint density at radius 2 is 1.67 bits per heavy atom. The Morgan fingerprint density at radius 1 is 1.00 bits per heavy atom. The highest BCUT2D eigenvalue weighted by molar-refractivity contribution is 6.02. The number of amides is 1.